The molecule has 0 aromatic heterocycles. The summed E-state index contributed by atoms with van der Waals surface area (Å²) in [5.74, 6) is 0. The molecule has 1 rings (SSSR count). The zero-order valence-corrected chi connectivity index (χ0v) is 8.33. The molecule has 2 N–H and O–H groups in total. The number of nitrogens with zero attached hydrogens (tertiary/aromatic N) is 3. The van der Waals surface area contributed by atoms with Crippen LogP contribution in [-0.2, 0) is 0 Å². The topological polar surface area (TPSA) is 69.3 Å². The van der Waals surface area contributed by atoms with Crippen LogP contribution in [0.2, 0.25) is 0 Å². The highest BCUT2D eigenvalue weighted by molar-refractivity contribution is 6.38. The smallest absolute Gasteiger partial charge is 0.112 e. The molecule has 1 aromatic rings. The third kappa shape index (κ3) is 3.60. The lowest BCUT2D eigenvalue weighted by molar-refractivity contribution is 0.322. The Balaban J connectivity index is 2.88. The van der Waals surface area contributed by atoms with Crippen molar-refractivity contribution in [2.24, 2.45) is 15.2 Å². The second-order valence-corrected chi connectivity index (χ2v) is 2.62. The van der Waals surface area contributed by atoms with Gasteiger partial charge < -0.3 is 5.21 Å². The predicted molar refractivity (Wildman–Crippen MR) is 60.8 cm³/mol. The molecule has 5 heteroatoms. The quantitative estimate of drug-likeness (QED) is 0.333. The van der Waals surface area contributed by atoms with E-state index >= 15 is 0 Å². The van der Waals surface area contributed by atoms with Gasteiger partial charge in [0, 0.05) is 12.6 Å². The first kappa shape index (κ1) is 10.9. The zero-order chi connectivity index (χ0) is 10.9. The Kier molecular flexibility index (Phi) is 4.59. The summed E-state index contributed by atoms with van der Waals surface area (Å²) in [5.41, 5.74) is 3.99. The van der Waals surface area contributed by atoms with Gasteiger partial charge in [-0.3, -0.25) is 10.4 Å². The molecule has 0 atom stereocenters. The lowest BCUT2D eigenvalue weighted by Crippen LogP contribution is -2.10. The molecule has 0 amide bonds. The van der Waals surface area contributed by atoms with E-state index in [1.165, 1.54) is 12.6 Å². The van der Waals surface area contributed by atoms with E-state index in [1.54, 1.807) is 7.05 Å². The lowest BCUT2D eigenvalue weighted by atomic mass is 10.1. The van der Waals surface area contributed by atoms with E-state index in [2.05, 4.69) is 20.7 Å². The van der Waals surface area contributed by atoms with Crippen molar-refractivity contribution in [3.63, 3.8) is 0 Å². The third-order valence-electron chi connectivity index (χ3n) is 1.62. The molecule has 0 spiro atoms. The molecule has 0 unspecified atom stereocenters. The molecule has 0 aliphatic rings. The number of hydrogen-bond donors (Lipinski definition) is 2. The van der Waals surface area contributed by atoms with Crippen LogP contribution in [0.5, 0.6) is 0 Å². The van der Waals surface area contributed by atoms with Crippen molar-refractivity contribution < 1.29 is 5.21 Å². The molecular weight excluding hydrogens is 192 g/mol. The Morgan fingerprint density at radius 1 is 1.33 bits per heavy atom. The van der Waals surface area contributed by atoms with Gasteiger partial charge in [-0.1, -0.05) is 35.5 Å². The molecule has 15 heavy (non-hydrogen) atoms. The first-order chi connectivity index (χ1) is 7.38. The van der Waals surface area contributed by atoms with Crippen molar-refractivity contribution in [3.8, 4) is 0 Å². The van der Waals surface area contributed by atoms with Crippen molar-refractivity contribution in [3.05, 3.63) is 35.9 Å². The Bertz CT molecular complexity index is 370. The first-order valence-electron chi connectivity index (χ1n) is 4.35. The molecule has 0 radical (unpaired) electrons. The average molecular weight is 204 g/mol. The Morgan fingerprint density at radius 3 is 2.67 bits per heavy atom. The summed E-state index contributed by atoms with van der Waals surface area (Å²) in [7, 11) is 1.63. The van der Waals surface area contributed by atoms with Gasteiger partial charge >= 0.3 is 0 Å². The van der Waals surface area contributed by atoms with Gasteiger partial charge in [-0.15, -0.1) is 0 Å². The molecule has 0 aliphatic heterocycles. The minimum Gasteiger partial charge on any atom is -0.411 e. The fourth-order valence-corrected chi connectivity index (χ4v) is 0.988. The van der Waals surface area contributed by atoms with Crippen LogP contribution in [0.1, 0.15) is 5.56 Å². The maximum Gasteiger partial charge on any atom is 0.112 e. The second kappa shape index (κ2) is 6.31. The normalized spacial score (nSPS) is 12.5. The summed E-state index contributed by atoms with van der Waals surface area (Å²) in [4.78, 5) is 3.71. The highest BCUT2D eigenvalue weighted by Crippen LogP contribution is 1.99. The van der Waals surface area contributed by atoms with Gasteiger partial charge in [-0.05, 0) is 0 Å². The van der Waals surface area contributed by atoms with Crippen molar-refractivity contribution in [1.29, 1.82) is 0 Å². The van der Waals surface area contributed by atoms with Gasteiger partial charge in [0.2, 0.25) is 0 Å². The van der Waals surface area contributed by atoms with E-state index < -0.39 is 0 Å². The highest BCUT2D eigenvalue weighted by Gasteiger charge is 1.98. The highest BCUT2D eigenvalue weighted by atomic mass is 16.4. The standard InChI is InChI=1S/C10H12N4O/c1-11-8-12-14-10(7-13-15)9-5-3-2-4-6-9/h2-8,15H,1H3,(H,11,12)/b13-7+,14-10+. The first-order valence-corrected chi connectivity index (χ1v) is 4.35. The van der Waals surface area contributed by atoms with Gasteiger partial charge in [0.05, 0.1) is 6.21 Å². The van der Waals surface area contributed by atoms with Gasteiger partial charge in [0.1, 0.15) is 12.1 Å². The largest absolute Gasteiger partial charge is 0.411 e. The molecule has 1 aromatic carbocycles. The van der Waals surface area contributed by atoms with Gasteiger partial charge in [0.15, 0.2) is 0 Å². The van der Waals surface area contributed by atoms with Crippen LogP contribution >= 0.6 is 0 Å². The molecule has 5 nitrogen and oxygen atoms in total. The van der Waals surface area contributed by atoms with Crippen LogP contribution in [0, 0.1) is 0 Å². The maximum absolute atomic E-state index is 8.48. The van der Waals surface area contributed by atoms with E-state index in [-0.39, 0.29) is 0 Å². The summed E-state index contributed by atoms with van der Waals surface area (Å²) < 4.78 is 0. The van der Waals surface area contributed by atoms with E-state index in [4.69, 9.17) is 5.21 Å². The molecule has 0 saturated carbocycles. The fourth-order valence-electron chi connectivity index (χ4n) is 0.988. The van der Waals surface area contributed by atoms with Crippen LogP contribution in [0.15, 0.2) is 45.6 Å². The molecule has 0 fully saturated rings. The summed E-state index contributed by atoms with van der Waals surface area (Å²) in [6.45, 7) is 0. The van der Waals surface area contributed by atoms with Crippen molar-refractivity contribution >= 4 is 18.3 Å². The minimum atomic E-state index is 0.526. The average Bonchev–Trinajstić information content (AvgIpc) is 2.29. The van der Waals surface area contributed by atoms with E-state index in [0.29, 0.717) is 5.71 Å². The van der Waals surface area contributed by atoms with E-state index in [0.717, 1.165) is 5.56 Å². The molecular formula is C10H12N4O. The van der Waals surface area contributed by atoms with Crippen molar-refractivity contribution in [2.75, 3.05) is 7.05 Å². The molecule has 0 bridgehead atoms. The second-order valence-electron chi connectivity index (χ2n) is 2.62. The van der Waals surface area contributed by atoms with Crippen LogP contribution in [-0.4, -0.2) is 30.5 Å². The number of aliphatic imine (C=N–C) groups is 1. The van der Waals surface area contributed by atoms with Crippen LogP contribution in [0.3, 0.4) is 0 Å². The molecule has 78 valence electrons. The summed E-state index contributed by atoms with van der Waals surface area (Å²) in [5, 5.41) is 15.4. The Hall–Kier alpha value is -2.17. The monoisotopic (exact) mass is 204 g/mol. The number of benzene rings is 1. The predicted octanol–water partition coefficient (Wildman–Crippen LogP) is 1.10. The minimum absolute atomic E-state index is 0.526. The van der Waals surface area contributed by atoms with Crippen molar-refractivity contribution in [2.45, 2.75) is 0 Å². The Morgan fingerprint density at radius 2 is 2.07 bits per heavy atom. The van der Waals surface area contributed by atoms with Gasteiger partial charge in [-0.2, -0.15) is 5.10 Å². The summed E-state index contributed by atoms with van der Waals surface area (Å²) in [6.07, 6.45) is 2.69. The van der Waals surface area contributed by atoms with Crippen molar-refractivity contribution in [1.82, 2.24) is 5.43 Å². The SMILES string of the molecule is CN=CN/N=C(\C=N\O)c1ccccc1. The molecule has 0 saturated heterocycles. The van der Waals surface area contributed by atoms with Crippen LogP contribution in [0.4, 0.5) is 0 Å². The van der Waals surface area contributed by atoms with Gasteiger partial charge in [0.25, 0.3) is 0 Å². The number of oxime groups is 1. The zero-order valence-electron chi connectivity index (χ0n) is 8.33. The Labute approximate surface area is 87.8 Å². The fraction of sp³-hybridized carbons (Fsp3) is 0.100. The van der Waals surface area contributed by atoms with Crippen LogP contribution < -0.4 is 5.43 Å². The number of hydrazone groups is 1. The molecule has 0 aliphatic carbocycles. The number of nitrogens with one attached hydrogen (secondary N) is 1. The summed E-state index contributed by atoms with van der Waals surface area (Å²) >= 11 is 0. The number of rotatable bonds is 4. The maximum atomic E-state index is 8.48. The third-order valence-corrected chi connectivity index (χ3v) is 1.62. The van der Waals surface area contributed by atoms with Crippen LogP contribution in [0.25, 0.3) is 0 Å². The van der Waals surface area contributed by atoms with Gasteiger partial charge in [-0.25, -0.2) is 0 Å². The van der Waals surface area contributed by atoms with E-state index in [1.807, 2.05) is 30.3 Å². The summed E-state index contributed by atoms with van der Waals surface area (Å²) in [6, 6.07) is 9.39. The lowest BCUT2D eigenvalue weighted by Gasteiger charge is -1.99. The number of hydrogen-bond acceptors (Lipinski definition) is 4. The van der Waals surface area contributed by atoms with E-state index in [9.17, 15) is 0 Å². The molecule has 0 heterocycles.